The minimum Gasteiger partial charge on any atom is -0.748 e. The van der Waals surface area contributed by atoms with Crippen LogP contribution in [0.3, 0.4) is 0 Å². The van der Waals surface area contributed by atoms with Gasteiger partial charge in [0.1, 0.15) is 0 Å². The molecule has 32 heavy (non-hydrogen) atoms. The highest BCUT2D eigenvalue weighted by Gasteiger charge is 2.75. The molecule has 7 nitrogen and oxygen atoms in total. The molecule has 0 aliphatic carbocycles. The molecule has 1 rings (SSSR count). The highest BCUT2D eigenvalue weighted by Crippen LogP contribution is 2.47. The summed E-state index contributed by atoms with van der Waals surface area (Å²) in [5, 5.41) is 0. The van der Waals surface area contributed by atoms with Crippen molar-refractivity contribution in [1.82, 2.24) is 0 Å². The molecule has 0 radical (unpaired) electrons. The third kappa shape index (κ3) is 8.58. The van der Waals surface area contributed by atoms with Gasteiger partial charge in [0, 0.05) is 23.7 Å². The van der Waals surface area contributed by atoms with E-state index in [-0.39, 0.29) is 6.61 Å². The maximum atomic E-state index is 13.0. The van der Waals surface area contributed by atoms with E-state index in [0.717, 1.165) is 10.0 Å². The Bertz CT molecular complexity index is 883. The lowest BCUT2D eigenvalue weighted by atomic mass is 10.1. The predicted molar refractivity (Wildman–Crippen MR) is 98.2 cm³/mol. The Kier molecular flexibility index (Phi) is 9.53. The summed E-state index contributed by atoms with van der Waals surface area (Å²) in [4.78, 5) is 23.2. The first-order valence-corrected chi connectivity index (χ1v) is 11.0. The standard InChI is InChI=1S/C17H17BrF6O7S/c18-12-6-4-11(5-7-12)8-9-30-13(25)2-1-3-14(26)31-15(16(19,20)21,17(22,23)24)10-32(27,28)29/h4-7H,1-3,8-10H2,(H,27,28,29)/p-1. The lowest BCUT2D eigenvalue weighted by molar-refractivity contribution is -0.361. The van der Waals surface area contributed by atoms with E-state index in [1.165, 1.54) is 0 Å². The summed E-state index contributed by atoms with van der Waals surface area (Å²) in [5.74, 6) is -6.03. The van der Waals surface area contributed by atoms with Gasteiger partial charge in [-0.05, 0) is 24.1 Å². The molecule has 0 N–H and O–H groups in total. The number of benzene rings is 1. The molecule has 182 valence electrons. The molecule has 0 fully saturated rings. The SMILES string of the molecule is O=C(CCCC(=O)OC(CS(=O)(=O)[O-])(C(F)(F)F)C(F)(F)F)OCCc1ccc(Br)cc1. The van der Waals surface area contributed by atoms with Crippen molar-refractivity contribution in [3.8, 4) is 0 Å². The van der Waals surface area contributed by atoms with Gasteiger partial charge in [-0.2, -0.15) is 26.3 Å². The van der Waals surface area contributed by atoms with Crippen molar-refractivity contribution in [3.63, 3.8) is 0 Å². The van der Waals surface area contributed by atoms with E-state index in [9.17, 15) is 48.9 Å². The van der Waals surface area contributed by atoms with E-state index in [4.69, 9.17) is 4.74 Å². The molecule has 0 amide bonds. The Morgan fingerprint density at radius 1 is 0.938 bits per heavy atom. The van der Waals surface area contributed by atoms with Crippen molar-refractivity contribution in [2.75, 3.05) is 12.4 Å². The van der Waals surface area contributed by atoms with Crippen LogP contribution in [0, 0.1) is 0 Å². The number of halogens is 7. The van der Waals surface area contributed by atoms with E-state index in [1.807, 2.05) is 0 Å². The third-order valence-electron chi connectivity index (χ3n) is 3.91. The zero-order chi connectivity index (χ0) is 24.8. The van der Waals surface area contributed by atoms with Gasteiger partial charge in [-0.25, -0.2) is 8.42 Å². The van der Waals surface area contributed by atoms with Gasteiger partial charge >= 0.3 is 29.9 Å². The van der Waals surface area contributed by atoms with Gasteiger partial charge < -0.3 is 14.0 Å². The lowest BCUT2D eigenvalue weighted by Gasteiger charge is -2.36. The zero-order valence-corrected chi connectivity index (χ0v) is 18.4. The van der Waals surface area contributed by atoms with Crippen molar-refractivity contribution in [2.24, 2.45) is 0 Å². The maximum absolute atomic E-state index is 13.0. The van der Waals surface area contributed by atoms with Crippen molar-refractivity contribution in [2.45, 2.75) is 43.6 Å². The summed E-state index contributed by atoms with van der Waals surface area (Å²) in [5.41, 5.74) is -4.70. The van der Waals surface area contributed by atoms with E-state index < -0.39 is 65.0 Å². The first-order valence-electron chi connectivity index (χ1n) is 8.66. The highest BCUT2D eigenvalue weighted by molar-refractivity contribution is 9.10. The molecule has 0 saturated carbocycles. The number of rotatable bonds is 10. The van der Waals surface area contributed by atoms with Crippen LogP contribution in [-0.4, -0.2) is 55.2 Å². The van der Waals surface area contributed by atoms with Crippen molar-refractivity contribution < 1.29 is 58.4 Å². The molecular formula is C17H16BrF6O7S-. The number of carbonyl (C=O) groups excluding carboxylic acids is 2. The second kappa shape index (κ2) is 10.8. The molecule has 0 spiro atoms. The Balaban J connectivity index is 2.63. The highest BCUT2D eigenvalue weighted by atomic mass is 79.9. The predicted octanol–water partition coefficient (Wildman–Crippen LogP) is 3.66. The molecule has 1 aromatic carbocycles. The minimum absolute atomic E-state index is 0.0580. The summed E-state index contributed by atoms with van der Waals surface area (Å²) in [6.45, 7) is -0.0580. The van der Waals surface area contributed by atoms with Crippen molar-refractivity contribution >= 4 is 38.0 Å². The molecular weight excluding hydrogens is 542 g/mol. The molecule has 0 heterocycles. The van der Waals surface area contributed by atoms with E-state index >= 15 is 0 Å². The number of carbonyl (C=O) groups is 2. The maximum Gasteiger partial charge on any atom is 0.438 e. The van der Waals surface area contributed by atoms with E-state index in [1.54, 1.807) is 24.3 Å². The van der Waals surface area contributed by atoms with Crippen molar-refractivity contribution in [3.05, 3.63) is 34.3 Å². The average Bonchev–Trinajstić information content (AvgIpc) is 2.59. The number of hydrogen-bond donors (Lipinski definition) is 0. The van der Waals surface area contributed by atoms with Gasteiger partial charge in [-0.1, -0.05) is 28.1 Å². The Morgan fingerprint density at radius 2 is 1.44 bits per heavy atom. The molecule has 0 atom stereocenters. The minimum atomic E-state index is -6.44. The fraction of sp³-hybridized carbons (Fsp3) is 0.529. The van der Waals surface area contributed by atoms with Gasteiger partial charge in [0.2, 0.25) is 0 Å². The lowest BCUT2D eigenvalue weighted by Crippen LogP contribution is -2.63. The number of hydrogen-bond acceptors (Lipinski definition) is 7. The summed E-state index contributed by atoms with van der Waals surface area (Å²) < 4.78 is 119. The number of ether oxygens (including phenoxy) is 2. The molecule has 1 aromatic rings. The van der Waals surface area contributed by atoms with Crippen LogP contribution in [-0.2, 0) is 35.6 Å². The van der Waals surface area contributed by atoms with Gasteiger partial charge in [-0.3, -0.25) is 9.59 Å². The third-order valence-corrected chi connectivity index (χ3v) is 5.20. The smallest absolute Gasteiger partial charge is 0.438 e. The molecule has 0 aromatic heterocycles. The van der Waals surface area contributed by atoms with Gasteiger partial charge in [-0.15, -0.1) is 0 Å². The van der Waals surface area contributed by atoms with Gasteiger partial charge in [0.15, 0.2) is 0 Å². The van der Waals surface area contributed by atoms with Crippen LogP contribution >= 0.6 is 15.9 Å². The van der Waals surface area contributed by atoms with Crippen LogP contribution in [0.5, 0.6) is 0 Å². The zero-order valence-electron chi connectivity index (χ0n) is 16.0. The molecule has 0 aliphatic rings. The first kappa shape index (κ1) is 28.2. The second-order valence-corrected chi connectivity index (χ2v) is 8.77. The Morgan fingerprint density at radius 3 is 1.91 bits per heavy atom. The van der Waals surface area contributed by atoms with E-state index in [2.05, 4.69) is 20.7 Å². The Hall–Kier alpha value is -1.87. The van der Waals surface area contributed by atoms with Crippen LogP contribution in [0.15, 0.2) is 28.7 Å². The molecule has 15 heteroatoms. The largest absolute Gasteiger partial charge is 0.748 e. The average molecular weight is 558 g/mol. The monoisotopic (exact) mass is 557 g/mol. The first-order chi connectivity index (χ1) is 14.5. The van der Waals surface area contributed by atoms with Crippen molar-refractivity contribution in [1.29, 1.82) is 0 Å². The van der Waals surface area contributed by atoms with Gasteiger partial charge in [0.05, 0.1) is 22.5 Å². The topological polar surface area (TPSA) is 110 Å². The van der Waals surface area contributed by atoms with Crippen LogP contribution in [0.1, 0.15) is 24.8 Å². The number of alkyl halides is 6. The number of esters is 2. The van der Waals surface area contributed by atoms with Gasteiger partial charge in [0.25, 0.3) is 0 Å². The van der Waals surface area contributed by atoms with E-state index in [0.29, 0.717) is 6.42 Å². The van der Waals surface area contributed by atoms with Crippen LogP contribution in [0.4, 0.5) is 26.3 Å². The molecule has 0 unspecified atom stereocenters. The van der Waals surface area contributed by atoms with Crippen LogP contribution < -0.4 is 0 Å². The van der Waals surface area contributed by atoms with Crippen LogP contribution in [0.2, 0.25) is 0 Å². The quantitative estimate of drug-likeness (QED) is 0.245. The normalized spacial score (nSPS) is 13.0. The summed E-state index contributed by atoms with van der Waals surface area (Å²) in [6.07, 6.45) is -14.7. The fourth-order valence-electron chi connectivity index (χ4n) is 2.35. The Labute approximate surface area is 186 Å². The molecule has 0 aliphatic heterocycles. The second-order valence-electron chi connectivity index (χ2n) is 6.45. The molecule has 0 saturated heterocycles. The summed E-state index contributed by atoms with van der Waals surface area (Å²) in [6, 6.07) is 7.01. The fourth-order valence-corrected chi connectivity index (χ4v) is 3.50. The molecule has 0 bridgehead atoms. The summed E-state index contributed by atoms with van der Waals surface area (Å²) >= 11 is 3.24. The van der Waals surface area contributed by atoms with Crippen LogP contribution in [0.25, 0.3) is 0 Å². The summed E-state index contributed by atoms with van der Waals surface area (Å²) in [7, 11) is -6.11.